The van der Waals surface area contributed by atoms with Crippen molar-refractivity contribution in [3.05, 3.63) is 46.4 Å². The summed E-state index contributed by atoms with van der Waals surface area (Å²) in [4.78, 5) is 22.6. The van der Waals surface area contributed by atoms with Crippen LogP contribution in [0.15, 0.2) is 40.1 Å². The molecule has 3 rings (SSSR count). The second-order valence-corrected chi connectivity index (χ2v) is 7.23. The van der Waals surface area contributed by atoms with Gasteiger partial charge in [0.1, 0.15) is 0 Å². The SMILES string of the molecule is CCN1CCN(C(=O)c2ccccc2SCc2cscn2)CC1. The summed E-state index contributed by atoms with van der Waals surface area (Å²) in [5, 5.41) is 2.06. The third-order valence-electron chi connectivity index (χ3n) is 4.08. The molecule has 1 aliphatic rings. The van der Waals surface area contributed by atoms with E-state index in [1.54, 1.807) is 23.1 Å². The Kier molecular flexibility index (Phi) is 5.70. The summed E-state index contributed by atoms with van der Waals surface area (Å²) in [5.41, 5.74) is 3.73. The van der Waals surface area contributed by atoms with Gasteiger partial charge in [0.2, 0.25) is 0 Å². The van der Waals surface area contributed by atoms with Crippen LogP contribution >= 0.6 is 23.1 Å². The Balaban J connectivity index is 1.68. The first-order valence-corrected chi connectivity index (χ1v) is 9.81. The number of thiazole rings is 1. The van der Waals surface area contributed by atoms with E-state index >= 15 is 0 Å². The molecule has 0 aliphatic carbocycles. The van der Waals surface area contributed by atoms with Crippen LogP contribution in [0, 0.1) is 0 Å². The van der Waals surface area contributed by atoms with E-state index in [9.17, 15) is 4.79 Å². The molecule has 0 saturated carbocycles. The first kappa shape index (κ1) is 16.5. The minimum atomic E-state index is 0.155. The molecule has 0 N–H and O–H groups in total. The lowest BCUT2D eigenvalue weighted by atomic mass is 10.2. The number of aromatic nitrogens is 1. The van der Waals surface area contributed by atoms with Gasteiger partial charge in [0.15, 0.2) is 0 Å². The maximum atomic E-state index is 12.9. The van der Waals surface area contributed by atoms with Crippen LogP contribution in [0.2, 0.25) is 0 Å². The topological polar surface area (TPSA) is 36.4 Å². The Hall–Kier alpha value is -1.37. The van der Waals surface area contributed by atoms with Crippen LogP contribution in [0.5, 0.6) is 0 Å². The van der Waals surface area contributed by atoms with E-state index in [0.717, 1.165) is 54.6 Å². The van der Waals surface area contributed by atoms with E-state index in [1.807, 2.05) is 34.7 Å². The van der Waals surface area contributed by atoms with E-state index in [-0.39, 0.29) is 5.91 Å². The number of nitrogens with zero attached hydrogens (tertiary/aromatic N) is 3. The van der Waals surface area contributed by atoms with Gasteiger partial charge in [0, 0.05) is 42.2 Å². The van der Waals surface area contributed by atoms with Gasteiger partial charge in [-0.15, -0.1) is 23.1 Å². The van der Waals surface area contributed by atoms with Crippen molar-refractivity contribution in [3.8, 4) is 0 Å². The second kappa shape index (κ2) is 7.95. The number of thioether (sulfide) groups is 1. The monoisotopic (exact) mass is 347 g/mol. The van der Waals surface area contributed by atoms with Crippen LogP contribution in [-0.2, 0) is 5.75 Å². The van der Waals surface area contributed by atoms with Crippen molar-refractivity contribution < 1.29 is 4.79 Å². The fraction of sp³-hybridized carbons (Fsp3) is 0.412. The zero-order valence-corrected chi connectivity index (χ0v) is 14.9. The lowest BCUT2D eigenvalue weighted by Gasteiger charge is -2.34. The molecule has 0 radical (unpaired) electrons. The van der Waals surface area contributed by atoms with Crippen LogP contribution in [0.3, 0.4) is 0 Å². The number of carbonyl (C=O) groups is 1. The molecule has 1 aliphatic heterocycles. The Morgan fingerprint density at radius 3 is 2.74 bits per heavy atom. The standard InChI is InChI=1S/C17H21N3OS2/c1-2-19-7-9-20(10-8-19)17(21)15-5-3-4-6-16(15)23-12-14-11-22-13-18-14/h3-6,11,13H,2,7-10,12H2,1H3. The first-order valence-electron chi connectivity index (χ1n) is 7.88. The fourth-order valence-corrected chi connectivity index (χ4v) is 4.28. The van der Waals surface area contributed by atoms with Crippen LogP contribution in [0.25, 0.3) is 0 Å². The molecule has 0 bridgehead atoms. The minimum absolute atomic E-state index is 0.155. The number of amides is 1. The maximum absolute atomic E-state index is 12.9. The van der Waals surface area contributed by atoms with Crippen molar-refractivity contribution in [1.82, 2.24) is 14.8 Å². The third-order valence-corrected chi connectivity index (χ3v) is 5.83. The molecule has 0 atom stereocenters. The van der Waals surface area contributed by atoms with Gasteiger partial charge in [0.25, 0.3) is 5.91 Å². The molecule has 122 valence electrons. The minimum Gasteiger partial charge on any atom is -0.336 e. The summed E-state index contributed by atoms with van der Waals surface area (Å²) in [5.74, 6) is 0.958. The zero-order chi connectivity index (χ0) is 16.1. The normalized spacial score (nSPS) is 15.8. The molecule has 23 heavy (non-hydrogen) atoms. The van der Waals surface area contributed by atoms with Gasteiger partial charge < -0.3 is 9.80 Å². The Labute approximate surface area is 145 Å². The average Bonchev–Trinajstić information content (AvgIpc) is 3.13. The predicted octanol–water partition coefficient (Wildman–Crippen LogP) is 3.21. The predicted molar refractivity (Wildman–Crippen MR) is 96.1 cm³/mol. The summed E-state index contributed by atoms with van der Waals surface area (Å²) < 4.78 is 0. The number of piperazine rings is 1. The van der Waals surface area contributed by atoms with Gasteiger partial charge >= 0.3 is 0 Å². The van der Waals surface area contributed by atoms with E-state index < -0.39 is 0 Å². The highest BCUT2D eigenvalue weighted by atomic mass is 32.2. The molecular formula is C17H21N3OS2. The Morgan fingerprint density at radius 2 is 2.04 bits per heavy atom. The van der Waals surface area contributed by atoms with E-state index in [4.69, 9.17) is 0 Å². The van der Waals surface area contributed by atoms with Gasteiger partial charge in [-0.25, -0.2) is 4.98 Å². The Bertz CT molecular complexity index is 637. The second-order valence-electron chi connectivity index (χ2n) is 5.49. The number of hydrogen-bond donors (Lipinski definition) is 0. The van der Waals surface area contributed by atoms with Gasteiger partial charge in [0.05, 0.1) is 16.8 Å². The van der Waals surface area contributed by atoms with E-state index in [2.05, 4.69) is 22.2 Å². The summed E-state index contributed by atoms with van der Waals surface area (Å²) in [6.07, 6.45) is 0. The van der Waals surface area contributed by atoms with Gasteiger partial charge in [-0.1, -0.05) is 19.1 Å². The highest BCUT2D eigenvalue weighted by molar-refractivity contribution is 7.98. The molecule has 1 aromatic carbocycles. The summed E-state index contributed by atoms with van der Waals surface area (Å²) in [7, 11) is 0. The smallest absolute Gasteiger partial charge is 0.255 e. The van der Waals surface area contributed by atoms with Gasteiger partial charge in [-0.3, -0.25) is 4.79 Å². The van der Waals surface area contributed by atoms with Gasteiger partial charge in [-0.05, 0) is 18.7 Å². The number of carbonyl (C=O) groups excluding carboxylic acids is 1. The average molecular weight is 348 g/mol. The van der Waals surface area contributed by atoms with Crippen LogP contribution in [-0.4, -0.2) is 53.4 Å². The van der Waals surface area contributed by atoms with E-state index in [1.165, 1.54) is 0 Å². The molecule has 2 aromatic rings. The molecule has 6 heteroatoms. The molecule has 1 saturated heterocycles. The number of hydrogen-bond acceptors (Lipinski definition) is 5. The summed E-state index contributed by atoms with van der Waals surface area (Å²) in [6.45, 7) is 6.80. The van der Waals surface area contributed by atoms with E-state index in [0.29, 0.717) is 0 Å². The summed E-state index contributed by atoms with van der Waals surface area (Å²) in [6, 6.07) is 7.92. The molecule has 4 nitrogen and oxygen atoms in total. The molecule has 0 unspecified atom stereocenters. The highest BCUT2D eigenvalue weighted by Crippen LogP contribution is 2.27. The van der Waals surface area contributed by atoms with Crippen LogP contribution < -0.4 is 0 Å². The first-order chi connectivity index (χ1) is 11.3. The van der Waals surface area contributed by atoms with Gasteiger partial charge in [-0.2, -0.15) is 0 Å². The van der Waals surface area contributed by atoms with Crippen molar-refractivity contribution in [2.45, 2.75) is 17.6 Å². The van der Waals surface area contributed by atoms with Crippen molar-refractivity contribution in [2.75, 3.05) is 32.7 Å². The summed E-state index contributed by atoms with van der Waals surface area (Å²) >= 11 is 3.29. The number of rotatable bonds is 5. The molecule has 2 heterocycles. The van der Waals surface area contributed by atoms with Crippen molar-refractivity contribution in [1.29, 1.82) is 0 Å². The maximum Gasteiger partial charge on any atom is 0.255 e. The van der Waals surface area contributed by atoms with Crippen LogP contribution in [0.1, 0.15) is 23.0 Å². The lowest BCUT2D eigenvalue weighted by molar-refractivity contribution is 0.0640. The number of likely N-dealkylation sites (N-methyl/N-ethyl adjacent to an activating group) is 1. The molecular weight excluding hydrogens is 326 g/mol. The Morgan fingerprint density at radius 1 is 1.26 bits per heavy atom. The van der Waals surface area contributed by atoms with Crippen molar-refractivity contribution in [2.24, 2.45) is 0 Å². The highest BCUT2D eigenvalue weighted by Gasteiger charge is 2.23. The van der Waals surface area contributed by atoms with Crippen molar-refractivity contribution >= 4 is 29.0 Å². The molecule has 1 amide bonds. The lowest BCUT2D eigenvalue weighted by Crippen LogP contribution is -2.48. The van der Waals surface area contributed by atoms with Crippen LogP contribution in [0.4, 0.5) is 0 Å². The number of benzene rings is 1. The van der Waals surface area contributed by atoms with Crippen molar-refractivity contribution in [3.63, 3.8) is 0 Å². The quantitative estimate of drug-likeness (QED) is 0.778. The third kappa shape index (κ3) is 4.13. The molecule has 0 spiro atoms. The fourth-order valence-electron chi connectivity index (χ4n) is 2.67. The largest absolute Gasteiger partial charge is 0.336 e. The zero-order valence-electron chi connectivity index (χ0n) is 13.3. The molecule has 1 fully saturated rings. The molecule has 1 aromatic heterocycles.